The first kappa shape index (κ1) is 10.4. The SMILES string of the molecule is O=Cc1ccc(C2=CCCCC2)cc1Cl. The van der Waals surface area contributed by atoms with E-state index >= 15 is 0 Å². The fraction of sp³-hybridized carbons (Fsp3) is 0.308. The zero-order valence-corrected chi connectivity index (χ0v) is 9.26. The standard InChI is InChI=1S/C13H13ClO/c14-13-8-11(6-7-12(13)9-15)10-4-2-1-3-5-10/h4,6-9H,1-3,5H2. The van der Waals surface area contributed by atoms with Crippen molar-refractivity contribution in [3.8, 4) is 0 Å². The third-order valence-electron chi connectivity index (χ3n) is 2.79. The van der Waals surface area contributed by atoms with Crippen molar-refractivity contribution in [1.82, 2.24) is 0 Å². The fourth-order valence-corrected chi connectivity index (χ4v) is 2.15. The molecule has 0 spiro atoms. The van der Waals surface area contributed by atoms with Gasteiger partial charge in [0.05, 0.1) is 5.02 Å². The quantitative estimate of drug-likeness (QED) is 0.686. The van der Waals surface area contributed by atoms with Crippen LogP contribution in [0.4, 0.5) is 0 Å². The van der Waals surface area contributed by atoms with Crippen LogP contribution in [0, 0.1) is 0 Å². The molecule has 78 valence electrons. The molecule has 1 nitrogen and oxygen atoms in total. The Morgan fingerprint density at radius 3 is 2.73 bits per heavy atom. The Labute approximate surface area is 94.8 Å². The maximum atomic E-state index is 10.6. The van der Waals surface area contributed by atoms with Crippen LogP contribution >= 0.6 is 11.6 Å². The average molecular weight is 221 g/mol. The third-order valence-corrected chi connectivity index (χ3v) is 3.12. The van der Waals surface area contributed by atoms with Gasteiger partial charge in [-0.3, -0.25) is 4.79 Å². The largest absolute Gasteiger partial charge is 0.298 e. The first-order valence-corrected chi connectivity index (χ1v) is 5.63. The van der Waals surface area contributed by atoms with Gasteiger partial charge in [0.1, 0.15) is 0 Å². The predicted octanol–water partition coefficient (Wildman–Crippen LogP) is 4.11. The van der Waals surface area contributed by atoms with Gasteiger partial charge in [-0.2, -0.15) is 0 Å². The molecule has 1 aliphatic carbocycles. The molecule has 0 amide bonds. The van der Waals surface area contributed by atoms with Gasteiger partial charge >= 0.3 is 0 Å². The van der Waals surface area contributed by atoms with Crippen molar-refractivity contribution < 1.29 is 4.79 Å². The maximum absolute atomic E-state index is 10.6. The smallest absolute Gasteiger partial charge is 0.151 e. The molecule has 0 unspecified atom stereocenters. The summed E-state index contributed by atoms with van der Waals surface area (Å²) in [5.74, 6) is 0. The highest BCUT2D eigenvalue weighted by molar-refractivity contribution is 6.33. The summed E-state index contributed by atoms with van der Waals surface area (Å²) in [6, 6.07) is 5.66. The van der Waals surface area contributed by atoms with Gasteiger partial charge in [-0.1, -0.05) is 23.7 Å². The van der Waals surface area contributed by atoms with Gasteiger partial charge in [-0.25, -0.2) is 0 Å². The minimum atomic E-state index is 0.550. The van der Waals surface area contributed by atoms with Crippen molar-refractivity contribution in [2.45, 2.75) is 25.7 Å². The Hall–Kier alpha value is -1.08. The summed E-state index contributed by atoms with van der Waals surface area (Å²) >= 11 is 5.99. The maximum Gasteiger partial charge on any atom is 0.151 e. The monoisotopic (exact) mass is 220 g/mol. The number of aldehydes is 1. The summed E-state index contributed by atoms with van der Waals surface area (Å²) in [5, 5.41) is 0.550. The molecule has 0 radical (unpaired) electrons. The molecule has 0 fully saturated rings. The van der Waals surface area contributed by atoms with Gasteiger partial charge in [0.15, 0.2) is 6.29 Å². The first-order chi connectivity index (χ1) is 7.31. The van der Waals surface area contributed by atoms with E-state index in [1.807, 2.05) is 12.1 Å². The number of rotatable bonds is 2. The molecule has 0 bridgehead atoms. The molecule has 0 atom stereocenters. The summed E-state index contributed by atoms with van der Waals surface area (Å²) < 4.78 is 0. The molecule has 0 saturated carbocycles. The van der Waals surface area contributed by atoms with Gasteiger partial charge in [0.25, 0.3) is 0 Å². The molecule has 0 saturated heterocycles. The number of halogens is 1. The van der Waals surface area contributed by atoms with Crippen molar-refractivity contribution in [3.63, 3.8) is 0 Å². The lowest BCUT2D eigenvalue weighted by atomic mass is 9.93. The van der Waals surface area contributed by atoms with Gasteiger partial charge in [-0.05, 0) is 49.0 Å². The molecule has 1 aromatic carbocycles. The van der Waals surface area contributed by atoms with E-state index in [4.69, 9.17) is 11.6 Å². The molecule has 1 aliphatic rings. The van der Waals surface area contributed by atoms with Crippen LogP contribution < -0.4 is 0 Å². The van der Waals surface area contributed by atoms with Crippen molar-refractivity contribution in [2.24, 2.45) is 0 Å². The minimum Gasteiger partial charge on any atom is -0.298 e. The summed E-state index contributed by atoms with van der Waals surface area (Å²) in [6.45, 7) is 0. The highest BCUT2D eigenvalue weighted by Gasteiger charge is 2.08. The first-order valence-electron chi connectivity index (χ1n) is 5.25. The second-order valence-corrected chi connectivity index (χ2v) is 4.24. The molecule has 2 heteroatoms. The number of benzene rings is 1. The molecular weight excluding hydrogens is 208 g/mol. The number of hydrogen-bond acceptors (Lipinski definition) is 1. The highest BCUT2D eigenvalue weighted by atomic mass is 35.5. The van der Waals surface area contributed by atoms with Gasteiger partial charge in [0, 0.05) is 5.56 Å². The lowest BCUT2D eigenvalue weighted by Gasteiger charge is -2.13. The molecule has 0 heterocycles. The van der Waals surface area contributed by atoms with Gasteiger partial charge in [-0.15, -0.1) is 0 Å². The number of allylic oxidation sites excluding steroid dienone is 2. The molecule has 0 aliphatic heterocycles. The molecular formula is C13H13ClO. The topological polar surface area (TPSA) is 17.1 Å². The number of hydrogen-bond donors (Lipinski definition) is 0. The van der Waals surface area contributed by atoms with E-state index in [1.165, 1.54) is 18.4 Å². The van der Waals surface area contributed by atoms with Crippen LogP contribution in [0.3, 0.4) is 0 Å². The summed E-state index contributed by atoms with van der Waals surface area (Å²) in [5.41, 5.74) is 3.09. The van der Waals surface area contributed by atoms with Crippen molar-refractivity contribution in [1.29, 1.82) is 0 Å². The van der Waals surface area contributed by atoms with E-state index in [0.29, 0.717) is 10.6 Å². The predicted molar refractivity (Wildman–Crippen MR) is 63.3 cm³/mol. The average Bonchev–Trinajstić information content (AvgIpc) is 2.30. The summed E-state index contributed by atoms with van der Waals surface area (Å²) in [6.07, 6.45) is 7.87. The van der Waals surface area contributed by atoms with Gasteiger partial charge in [0.2, 0.25) is 0 Å². The number of carbonyl (C=O) groups is 1. The lowest BCUT2D eigenvalue weighted by Crippen LogP contribution is -1.93. The third kappa shape index (κ3) is 2.29. The van der Waals surface area contributed by atoms with Crippen LogP contribution in [0.25, 0.3) is 5.57 Å². The molecule has 15 heavy (non-hydrogen) atoms. The molecule has 0 aromatic heterocycles. The Balaban J connectivity index is 2.33. The van der Waals surface area contributed by atoms with Crippen molar-refractivity contribution in [2.75, 3.05) is 0 Å². The van der Waals surface area contributed by atoms with Crippen LogP contribution in [-0.4, -0.2) is 6.29 Å². The Morgan fingerprint density at radius 2 is 2.13 bits per heavy atom. The zero-order chi connectivity index (χ0) is 10.7. The van der Waals surface area contributed by atoms with E-state index < -0.39 is 0 Å². The molecule has 2 rings (SSSR count). The molecule has 1 aromatic rings. The van der Waals surface area contributed by atoms with E-state index in [9.17, 15) is 4.79 Å². The van der Waals surface area contributed by atoms with Crippen LogP contribution in [0.1, 0.15) is 41.6 Å². The van der Waals surface area contributed by atoms with Gasteiger partial charge < -0.3 is 0 Å². The Morgan fingerprint density at radius 1 is 1.27 bits per heavy atom. The van der Waals surface area contributed by atoms with Crippen molar-refractivity contribution >= 4 is 23.5 Å². The van der Waals surface area contributed by atoms with Crippen LogP contribution in [0.2, 0.25) is 5.02 Å². The second-order valence-electron chi connectivity index (χ2n) is 3.83. The van der Waals surface area contributed by atoms with Crippen LogP contribution in [-0.2, 0) is 0 Å². The van der Waals surface area contributed by atoms with Crippen molar-refractivity contribution in [3.05, 3.63) is 40.4 Å². The van der Waals surface area contributed by atoms with E-state index in [1.54, 1.807) is 6.07 Å². The van der Waals surface area contributed by atoms with E-state index in [2.05, 4.69) is 6.08 Å². The minimum absolute atomic E-state index is 0.550. The zero-order valence-electron chi connectivity index (χ0n) is 8.50. The summed E-state index contributed by atoms with van der Waals surface area (Å²) in [7, 11) is 0. The van der Waals surface area contributed by atoms with Crippen LogP contribution in [0.5, 0.6) is 0 Å². The Bertz CT molecular complexity index is 407. The lowest BCUT2D eigenvalue weighted by molar-refractivity contribution is 0.112. The number of carbonyl (C=O) groups excluding carboxylic acids is 1. The summed E-state index contributed by atoms with van der Waals surface area (Å²) in [4.78, 5) is 10.6. The second kappa shape index (κ2) is 4.63. The van der Waals surface area contributed by atoms with E-state index in [-0.39, 0.29) is 0 Å². The fourth-order valence-electron chi connectivity index (χ4n) is 1.92. The Kier molecular flexibility index (Phi) is 3.22. The van der Waals surface area contributed by atoms with E-state index in [0.717, 1.165) is 24.7 Å². The highest BCUT2D eigenvalue weighted by Crippen LogP contribution is 2.29. The normalized spacial score (nSPS) is 15.9. The molecule has 0 N–H and O–H groups in total. The van der Waals surface area contributed by atoms with Crippen LogP contribution in [0.15, 0.2) is 24.3 Å².